The van der Waals surface area contributed by atoms with Crippen LogP contribution in [0.2, 0.25) is 0 Å². The number of fused-ring (bicyclic) bond motifs is 3. The van der Waals surface area contributed by atoms with E-state index in [4.69, 9.17) is 0 Å². The molecule has 30 heavy (non-hydrogen) atoms. The zero-order valence-electron chi connectivity index (χ0n) is 16.1. The van der Waals surface area contributed by atoms with Gasteiger partial charge in [-0.3, -0.25) is 0 Å². The molecular weight excluding hydrogens is 388 g/mol. The summed E-state index contributed by atoms with van der Waals surface area (Å²) in [6.07, 6.45) is 8.35. The molecule has 0 spiro atoms. The highest BCUT2D eigenvalue weighted by Crippen LogP contribution is 2.55. The number of carbonyl (C=O) groups is 1. The number of amides is 2. The Morgan fingerprint density at radius 3 is 2.73 bits per heavy atom. The molecule has 7 rings (SSSR count). The Hall–Kier alpha value is -3.37. The fraction of sp³-hybridized carbons (Fsp3) is 0.0769. The molecule has 0 radical (unpaired) electrons. The summed E-state index contributed by atoms with van der Waals surface area (Å²) >= 11 is 1.83. The highest BCUT2D eigenvalue weighted by atomic mass is 32.2. The van der Waals surface area contributed by atoms with Crippen LogP contribution in [0, 0.1) is 0 Å². The van der Waals surface area contributed by atoms with Gasteiger partial charge in [0.25, 0.3) is 0 Å². The van der Waals surface area contributed by atoms with Crippen molar-refractivity contribution in [3.05, 3.63) is 90.5 Å². The molecule has 4 aliphatic rings. The van der Waals surface area contributed by atoms with Gasteiger partial charge >= 0.3 is 6.03 Å². The second-order valence-electron chi connectivity index (χ2n) is 7.96. The Labute approximate surface area is 178 Å². The smallest absolute Gasteiger partial charge is 0.196 e. The molecule has 2 amide bonds. The first-order valence-corrected chi connectivity index (χ1v) is 11.0. The summed E-state index contributed by atoms with van der Waals surface area (Å²) in [6, 6.07) is 21.6. The molecule has 0 saturated carbocycles. The van der Waals surface area contributed by atoms with Gasteiger partial charge in [0, 0.05) is 11.1 Å². The number of allylic oxidation sites excluding steroid dienone is 3. The number of benzene rings is 3. The number of rotatable bonds is 1. The minimum absolute atomic E-state index is 0.0664. The molecule has 0 saturated heterocycles. The predicted molar refractivity (Wildman–Crippen MR) is 122 cm³/mol. The van der Waals surface area contributed by atoms with E-state index in [-0.39, 0.29) is 11.3 Å². The molecule has 1 atom stereocenters. The van der Waals surface area contributed by atoms with E-state index in [1.165, 1.54) is 27.1 Å². The highest BCUT2D eigenvalue weighted by Gasteiger charge is 2.51. The van der Waals surface area contributed by atoms with Crippen LogP contribution in [0.25, 0.3) is 22.3 Å². The van der Waals surface area contributed by atoms with Gasteiger partial charge < -0.3 is 0 Å². The summed E-state index contributed by atoms with van der Waals surface area (Å²) in [6.45, 7) is 0.616. The van der Waals surface area contributed by atoms with Crippen molar-refractivity contribution in [3.8, 4) is 22.3 Å². The average molecular weight is 406 g/mol. The van der Waals surface area contributed by atoms with Crippen LogP contribution < -0.4 is 4.90 Å². The van der Waals surface area contributed by atoms with Crippen LogP contribution >= 0.6 is 11.8 Å². The largest absolute Gasteiger partial charge is 0.504 e. The van der Waals surface area contributed by atoms with Crippen LogP contribution in [0.15, 0.2) is 89.9 Å². The van der Waals surface area contributed by atoms with Crippen molar-refractivity contribution in [2.45, 2.75) is 16.7 Å². The van der Waals surface area contributed by atoms with Gasteiger partial charge in [-0.1, -0.05) is 60.7 Å². The molecule has 3 nitrogen and oxygen atoms in total. The predicted octanol–water partition coefficient (Wildman–Crippen LogP) is 6.16. The summed E-state index contributed by atoms with van der Waals surface area (Å²) < 4.78 is 1.94. The van der Waals surface area contributed by atoms with Crippen LogP contribution in [0.1, 0.15) is 5.56 Å². The standard InChI is InChI=1S/C26H17N2OS/c29-26-27-15-18-11-10-17(16-6-2-1-3-7-16)14-20(18)19-12-13-23-25(24(19)27)28(26)21-8-4-5-9-22(21)30-23/h1-14,22H,15H2/q+1. The molecule has 3 aromatic rings. The SMILES string of the molecule is O=C1N2Cc3ccc(-c4ccccc4)cc3-c3ccc4c(c32)[N+]1=C1C=CC=CC1S4. The summed E-state index contributed by atoms with van der Waals surface area (Å²) in [5.41, 5.74) is 9.19. The molecule has 0 N–H and O–H groups in total. The molecular formula is C26H17N2OS+. The summed E-state index contributed by atoms with van der Waals surface area (Å²) in [5.74, 6) is 0. The Kier molecular flexibility index (Phi) is 3.19. The maximum atomic E-state index is 13.5. The summed E-state index contributed by atoms with van der Waals surface area (Å²) in [5, 5.41) is 0.193. The zero-order valence-corrected chi connectivity index (χ0v) is 16.9. The first-order valence-electron chi connectivity index (χ1n) is 10.2. The van der Waals surface area contributed by atoms with E-state index in [1.807, 2.05) is 33.4 Å². The average Bonchev–Trinajstić information content (AvgIpc) is 3.10. The van der Waals surface area contributed by atoms with Gasteiger partial charge in [0.05, 0.1) is 10.1 Å². The lowest BCUT2D eigenvalue weighted by atomic mass is 9.90. The van der Waals surface area contributed by atoms with Crippen LogP contribution in [-0.2, 0) is 6.54 Å². The van der Waals surface area contributed by atoms with Gasteiger partial charge in [0.1, 0.15) is 12.3 Å². The summed E-state index contributed by atoms with van der Waals surface area (Å²) in [7, 11) is 0. The third-order valence-electron chi connectivity index (χ3n) is 6.33. The summed E-state index contributed by atoms with van der Waals surface area (Å²) in [4.78, 5) is 16.7. The Bertz CT molecular complexity index is 1370. The van der Waals surface area contributed by atoms with Gasteiger partial charge in [-0.05, 0) is 41.0 Å². The van der Waals surface area contributed by atoms with Crippen molar-refractivity contribution >= 4 is 34.9 Å². The van der Waals surface area contributed by atoms with E-state index in [0.717, 1.165) is 22.6 Å². The van der Waals surface area contributed by atoms with Gasteiger partial charge in [-0.2, -0.15) is 14.3 Å². The normalized spacial score (nSPS) is 19.7. The number of thioether (sulfide) groups is 1. The van der Waals surface area contributed by atoms with Gasteiger partial charge in [0.2, 0.25) is 0 Å². The van der Waals surface area contributed by atoms with Crippen LogP contribution in [-0.4, -0.2) is 21.6 Å². The number of hydrogen-bond acceptors (Lipinski definition) is 2. The molecule has 0 fully saturated rings. The maximum Gasteiger partial charge on any atom is 0.504 e. The van der Waals surface area contributed by atoms with E-state index in [1.54, 1.807) is 0 Å². The van der Waals surface area contributed by atoms with E-state index in [0.29, 0.717) is 6.54 Å². The number of carbonyl (C=O) groups excluding carboxylic acids is 1. The fourth-order valence-electron chi connectivity index (χ4n) is 4.96. The Morgan fingerprint density at radius 1 is 0.933 bits per heavy atom. The Balaban J connectivity index is 1.48. The molecule has 1 unspecified atom stereocenters. The quantitative estimate of drug-likeness (QED) is 0.453. The third kappa shape index (κ3) is 2.06. The maximum absolute atomic E-state index is 13.5. The molecule has 0 bridgehead atoms. The Morgan fingerprint density at radius 2 is 1.83 bits per heavy atom. The molecule has 3 aliphatic heterocycles. The van der Waals surface area contributed by atoms with Crippen molar-refractivity contribution in [2.75, 3.05) is 4.90 Å². The molecule has 1 aliphatic carbocycles. The highest BCUT2D eigenvalue weighted by molar-refractivity contribution is 8.01. The molecule has 3 heterocycles. The topological polar surface area (TPSA) is 23.3 Å². The number of nitrogens with zero attached hydrogens (tertiary/aromatic N) is 2. The second-order valence-corrected chi connectivity index (χ2v) is 9.14. The van der Waals surface area contributed by atoms with Crippen molar-refractivity contribution < 1.29 is 9.37 Å². The van der Waals surface area contributed by atoms with Crippen LogP contribution in [0.3, 0.4) is 0 Å². The minimum atomic E-state index is 0.0664. The lowest BCUT2D eigenvalue weighted by molar-refractivity contribution is -0.326. The molecule has 4 heteroatoms. The van der Waals surface area contributed by atoms with Crippen LogP contribution in [0.4, 0.5) is 16.2 Å². The molecule has 142 valence electrons. The van der Waals surface area contributed by atoms with Crippen molar-refractivity contribution in [3.63, 3.8) is 0 Å². The van der Waals surface area contributed by atoms with Crippen molar-refractivity contribution in [1.82, 2.24) is 0 Å². The number of hydrogen-bond donors (Lipinski definition) is 0. The first kappa shape index (κ1) is 16.4. The van der Waals surface area contributed by atoms with Gasteiger partial charge in [0.15, 0.2) is 11.4 Å². The monoisotopic (exact) mass is 405 g/mol. The first-order chi connectivity index (χ1) is 14.8. The van der Waals surface area contributed by atoms with Gasteiger partial charge in [-0.15, -0.1) is 11.8 Å². The van der Waals surface area contributed by atoms with Crippen molar-refractivity contribution in [2.24, 2.45) is 0 Å². The van der Waals surface area contributed by atoms with E-state index >= 15 is 0 Å². The fourth-order valence-corrected chi connectivity index (χ4v) is 6.15. The third-order valence-corrected chi connectivity index (χ3v) is 7.57. The van der Waals surface area contributed by atoms with Crippen molar-refractivity contribution in [1.29, 1.82) is 0 Å². The van der Waals surface area contributed by atoms with Gasteiger partial charge in [-0.25, -0.2) is 0 Å². The zero-order chi connectivity index (χ0) is 19.8. The number of urea groups is 1. The lowest BCUT2D eigenvalue weighted by Gasteiger charge is -2.23. The molecule has 0 aromatic heterocycles. The van der Waals surface area contributed by atoms with E-state index < -0.39 is 0 Å². The van der Waals surface area contributed by atoms with Crippen LogP contribution in [0.5, 0.6) is 0 Å². The second kappa shape index (κ2) is 5.83. The lowest BCUT2D eigenvalue weighted by Crippen LogP contribution is -2.36. The minimum Gasteiger partial charge on any atom is -0.196 e. The van der Waals surface area contributed by atoms with E-state index in [9.17, 15) is 4.79 Å². The van der Waals surface area contributed by atoms with E-state index in [2.05, 4.69) is 72.8 Å². The molecule has 3 aromatic carbocycles. The number of anilines is 1.